The molecule has 3 rings (SSSR count). The van der Waals surface area contributed by atoms with Crippen LogP contribution < -0.4 is 15.0 Å². The van der Waals surface area contributed by atoms with Crippen molar-refractivity contribution in [2.24, 2.45) is 0 Å². The molecule has 1 heterocycles. The lowest BCUT2D eigenvalue weighted by Gasteiger charge is -2.16. The number of ether oxygens (including phenoxy) is 1. The fraction of sp³-hybridized carbons (Fsp3) is 0.227. The lowest BCUT2D eigenvalue weighted by molar-refractivity contribution is -0.138. The zero-order chi connectivity index (χ0) is 21.7. The molecule has 0 fully saturated rings. The Morgan fingerprint density at radius 3 is 2.43 bits per heavy atom. The SMILES string of the molecule is COc1ccc(-c2csc(N(C)Cc3ccc(C(=O)NC(C)C(=O)O)cc3)n2)cc1. The lowest BCUT2D eigenvalue weighted by Crippen LogP contribution is -2.38. The van der Waals surface area contributed by atoms with E-state index in [9.17, 15) is 9.59 Å². The van der Waals surface area contributed by atoms with Crippen LogP contribution in [0.1, 0.15) is 22.8 Å². The van der Waals surface area contributed by atoms with E-state index < -0.39 is 17.9 Å². The number of rotatable bonds is 8. The van der Waals surface area contributed by atoms with Crippen LogP contribution in [0.2, 0.25) is 0 Å². The molecule has 2 aromatic carbocycles. The number of aliphatic carboxylic acids is 1. The van der Waals surface area contributed by atoms with Crippen LogP contribution in [0.5, 0.6) is 5.75 Å². The Kier molecular flexibility index (Phi) is 6.68. The molecule has 30 heavy (non-hydrogen) atoms. The summed E-state index contributed by atoms with van der Waals surface area (Å²) < 4.78 is 5.19. The van der Waals surface area contributed by atoms with Crippen molar-refractivity contribution in [1.29, 1.82) is 0 Å². The van der Waals surface area contributed by atoms with E-state index in [4.69, 9.17) is 14.8 Å². The Balaban J connectivity index is 1.63. The Bertz CT molecular complexity index is 1020. The summed E-state index contributed by atoms with van der Waals surface area (Å²) in [6.45, 7) is 2.06. The van der Waals surface area contributed by atoms with Crippen molar-refractivity contribution in [2.45, 2.75) is 19.5 Å². The summed E-state index contributed by atoms with van der Waals surface area (Å²) in [4.78, 5) is 29.7. The molecule has 0 aliphatic carbocycles. The number of anilines is 1. The minimum absolute atomic E-state index is 0.408. The van der Waals surface area contributed by atoms with E-state index in [1.165, 1.54) is 6.92 Å². The van der Waals surface area contributed by atoms with E-state index in [-0.39, 0.29) is 0 Å². The topological polar surface area (TPSA) is 91.8 Å². The third-order valence-corrected chi connectivity index (χ3v) is 5.51. The predicted octanol–water partition coefficient (Wildman–Crippen LogP) is 3.66. The van der Waals surface area contributed by atoms with Gasteiger partial charge in [-0.05, 0) is 48.9 Å². The molecule has 0 saturated carbocycles. The van der Waals surface area contributed by atoms with Crippen molar-refractivity contribution in [3.05, 3.63) is 65.0 Å². The molecule has 1 atom stereocenters. The number of carbonyl (C=O) groups is 2. The molecule has 0 aliphatic rings. The highest BCUT2D eigenvalue weighted by atomic mass is 32.1. The number of carboxylic acids is 1. The summed E-state index contributed by atoms with van der Waals surface area (Å²) in [7, 11) is 3.60. The maximum atomic E-state index is 12.1. The van der Waals surface area contributed by atoms with Crippen molar-refractivity contribution in [2.75, 3.05) is 19.1 Å². The quantitative estimate of drug-likeness (QED) is 0.572. The van der Waals surface area contributed by atoms with Gasteiger partial charge in [0.2, 0.25) is 0 Å². The average molecular weight is 426 g/mol. The molecule has 1 amide bonds. The van der Waals surface area contributed by atoms with E-state index >= 15 is 0 Å². The van der Waals surface area contributed by atoms with Gasteiger partial charge in [-0.25, -0.2) is 4.98 Å². The van der Waals surface area contributed by atoms with Gasteiger partial charge < -0.3 is 20.1 Å². The number of carboxylic acid groups (broad SMARTS) is 1. The van der Waals surface area contributed by atoms with E-state index in [1.807, 2.05) is 53.7 Å². The number of nitrogens with one attached hydrogen (secondary N) is 1. The van der Waals surface area contributed by atoms with Gasteiger partial charge in [0, 0.05) is 30.1 Å². The Morgan fingerprint density at radius 1 is 1.17 bits per heavy atom. The second-order valence-electron chi connectivity index (χ2n) is 6.83. The number of aromatic nitrogens is 1. The van der Waals surface area contributed by atoms with E-state index in [0.29, 0.717) is 12.1 Å². The van der Waals surface area contributed by atoms with Crippen molar-refractivity contribution < 1.29 is 19.4 Å². The molecule has 0 spiro atoms. The first-order chi connectivity index (χ1) is 14.4. The van der Waals surface area contributed by atoms with Gasteiger partial charge in [0.1, 0.15) is 11.8 Å². The Morgan fingerprint density at radius 2 is 1.83 bits per heavy atom. The first-order valence-electron chi connectivity index (χ1n) is 9.31. The highest BCUT2D eigenvalue weighted by molar-refractivity contribution is 7.14. The minimum Gasteiger partial charge on any atom is -0.497 e. The fourth-order valence-electron chi connectivity index (χ4n) is 2.78. The molecule has 0 bridgehead atoms. The molecule has 1 aromatic heterocycles. The van der Waals surface area contributed by atoms with Crippen LogP contribution >= 0.6 is 11.3 Å². The molecule has 1 unspecified atom stereocenters. The second kappa shape index (κ2) is 9.41. The van der Waals surface area contributed by atoms with Crippen LogP contribution in [-0.4, -0.2) is 42.2 Å². The predicted molar refractivity (Wildman–Crippen MR) is 117 cm³/mol. The summed E-state index contributed by atoms with van der Waals surface area (Å²) in [6, 6.07) is 13.9. The first-order valence-corrected chi connectivity index (χ1v) is 10.2. The zero-order valence-electron chi connectivity index (χ0n) is 17.0. The molecular formula is C22H23N3O4S. The number of hydrogen-bond acceptors (Lipinski definition) is 6. The molecule has 0 saturated heterocycles. The smallest absolute Gasteiger partial charge is 0.325 e. The Hall–Kier alpha value is -3.39. The van der Waals surface area contributed by atoms with Crippen LogP contribution in [0.3, 0.4) is 0 Å². The minimum atomic E-state index is -1.07. The monoisotopic (exact) mass is 425 g/mol. The number of amides is 1. The Labute approximate surface area is 179 Å². The van der Waals surface area contributed by atoms with Gasteiger partial charge in [0.05, 0.1) is 12.8 Å². The summed E-state index contributed by atoms with van der Waals surface area (Å²) in [6.07, 6.45) is 0. The largest absolute Gasteiger partial charge is 0.497 e. The number of thiazole rings is 1. The number of benzene rings is 2. The summed E-state index contributed by atoms with van der Waals surface area (Å²) in [5, 5.41) is 14.2. The fourth-order valence-corrected chi connectivity index (χ4v) is 3.58. The van der Waals surface area contributed by atoms with Crippen molar-refractivity contribution in [1.82, 2.24) is 10.3 Å². The van der Waals surface area contributed by atoms with Gasteiger partial charge in [0.25, 0.3) is 5.91 Å². The van der Waals surface area contributed by atoms with E-state index in [2.05, 4.69) is 5.32 Å². The molecule has 2 N–H and O–H groups in total. The summed E-state index contributed by atoms with van der Waals surface area (Å²) in [5.41, 5.74) is 3.37. The molecule has 8 heteroatoms. The standard InChI is InChI=1S/C22H23N3O4S/c1-14(21(27)28)23-20(26)17-6-4-15(5-7-17)12-25(2)22-24-19(13-30-22)16-8-10-18(29-3)11-9-16/h4-11,13-14H,12H2,1-3H3,(H,23,26)(H,27,28). The van der Waals surface area contributed by atoms with Crippen LogP contribution in [0.25, 0.3) is 11.3 Å². The third-order valence-electron chi connectivity index (χ3n) is 4.56. The van der Waals surface area contributed by atoms with E-state index in [1.54, 1.807) is 30.6 Å². The van der Waals surface area contributed by atoms with Crippen molar-refractivity contribution >= 4 is 28.3 Å². The molecule has 0 radical (unpaired) electrons. The maximum Gasteiger partial charge on any atom is 0.325 e. The molecule has 0 aliphatic heterocycles. The molecule has 7 nitrogen and oxygen atoms in total. The maximum absolute atomic E-state index is 12.1. The van der Waals surface area contributed by atoms with Gasteiger partial charge in [-0.1, -0.05) is 12.1 Å². The van der Waals surface area contributed by atoms with Crippen LogP contribution in [-0.2, 0) is 11.3 Å². The number of nitrogens with zero attached hydrogens (tertiary/aromatic N) is 2. The van der Waals surface area contributed by atoms with Crippen LogP contribution in [0.4, 0.5) is 5.13 Å². The van der Waals surface area contributed by atoms with Crippen LogP contribution in [0, 0.1) is 0 Å². The molecular weight excluding hydrogens is 402 g/mol. The van der Waals surface area contributed by atoms with Crippen LogP contribution in [0.15, 0.2) is 53.9 Å². The second-order valence-corrected chi connectivity index (χ2v) is 7.67. The van der Waals surface area contributed by atoms with E-state index in [0.717, 1.165) is 27.7 Å². The highest BCUT2D eigenvalue weighted by Gasteiger charge is 2.15. The third kappa shape index (κ3) is 5.15. The summed E-state index contributed by atoms with van der Waals surface area (Å²) >= 11 is 1.56. The normalized spacial score (nSPS) is 11.6. The lowest BCUT2D eigenvalue weighted by atomic mass is 10.1. The van der Waals surface area contributed by atoms with Crippen molar-refractivity contribution in [3.63, 3.8) is 0 Å². The summed E-state index contributed by atoms with van der Waals surface area (Å²) in [5.74, 6) is -0.672. The zero-order valence-corrected chi connectivity index (χ0v) is 17.8. The van der Waals surface area contributed by atoms with Gasteiger partial charge >= 0.3 is 5.97 Å². The molecule has 156 valence electrons. The van der Waals surface area contributed by atoms with Gasteiger partial charge in [-0.3, -0.25) is 9.59 Å². The van der Waals surface area contributed by atoms with Gasteiger partial charge in [-0.15, -0.1) is 11.3 Å². The molecule has 3 aromatic rings. The number of hydrogen-bond donors (Lipinski definition) is 2. The number of carbonyl (C=O) groups excluding carboxylic acids is 1. The first kappa shape index (κ1) is 21.3. The number of methoxy groups -OCH3 is 1. The average Bonchev–Trinajstić information content (AvgIpc) is 3.24. The van der Waals surface area contributed by atoms with Crippen molar-refractivity contribution in [3.8, 4) is 17.0 Å². The van der Waals surface area contributed by atoms with Gasteiger partial charge in [0.15, 0.2) is 5.13 Å². The highest BCUT2D eigenvalue weighted by Crippen LogP contribution is 2.28. The van der Waals surface area contributed by atoms with Gasteiger partial charge in [-0.2, -0.15) is 0 Å².